The van der Waals surface area contributed by atoms with Crippen LogP contribution in [0.25, 0.3) is 21.5 Å². The van der Waals surface area contributed by atoms with Crippen molar-refractivity contribution in [1.29, 1.82) is 0 Å². The molecule has 0 bridgehead atoms. The average Bonchev–Trinajstić information content (AvgIpc) is 2.54. The molecule has 3 aromatic rings. The number of hydrogen-bond donors (Lipinski definition) is 2. The zero-order valence-electron chi connectivity index (χ0n) is 12.6. The molecule has 0 fully saturated rings. The average molecular weight is 294 g/mol. The van der Waals surface area contributed by atoms with Gasteiger partial charge in [0.15, 0.2) is 0 Å². The van der Waals surface area contributed by atoms with Gasteiger partial charge in [0.25, 0.3) is 0 Å². The molecule has 0 radical (unpaired) electrons. The highest BCUT2D eigenvalue weighted by Crippen LogP contribution is 2.32. The van der Waals surface area contributed by atoms with Crippen molar-refractivity contribution in [2.45, 2.75) is 26.3 Å². The highest BCUT2D eigenvalue weighted by Gasteiger charge is 2.10. The first-order valence-corrected chi connectivity index (χ1v) is 7.40. The van der Waals surface area contributed by atoms with Crippen LogP contribution in [-0.4, -0.2) is 22.1 Å². The largest absolute Gasteiger partial charge is 0.478 e. The predicted octanol–water partition coefficient (Wildman–Crippen LogP) is 4.30. The molecule has 2 aromatic carbocycles. The monoisotopic (exact) mass is 294 g/mol. The van der Waals surface area contributed by atoms with Crippen LogP contribution in [0.2, 0.25) is 0 Å². The number of benzene rings is 2. The van der Waals surface area contributed by atoms with E-state index in [0.717, 1.165) is 33.7 Å². The quantitative estimate of drug-likeness (QED) is 0.704. The van der Waals surface area contributed by atoms with Gasteiger partial charge in [-0.1, -0.05) is 13.0 Å². The number of aromatic nitrogens is 1. The summed E-state index contributed by atoms with van der Waals surface area (Å²) in [6.07, 6.45) is 4.63. The summed E-state index contributed by atoms with van der Waals surface area (Å²) in [6, 6.07) is 9.57. The Morgan fingerprint density at radius 1 is 1.23 bits per heavy atom. The number of aromatic carboxylic acids is 1. The number of carbonyl (C=O) groups is 1. The van der Waals surface area contributed by atoms with Gasteiger partial charge in [-0.2, -0.15) is 0 Å². The first-order chi connectivity index (χ1) is 10.6. The Bertz CT molecular complexity index is 858. The smallest absolute Gasteiger partial charge is 0.335 e. The third-order valence-electron chi connectivity index (χ3n) is 4.01. The lowest BCUT2D eigenvalue weighted by molar-refractivity contribution is 0.0697. The van der Waals surface area contributed by atoms with Crippen molar-refractivity contribution in [3.63, 3.8) is 0 Å². The van der Waals surface area contributed by atoms with Gasteiger partial charge in [0, 0.05) is 34.9 Å². The summed E-state index contributed by atoms with van der Waals surface area (Å²) in [5.74, 6) is -0.912. The van der Waals surface area contributed by atoms with Crippen LogP contribution in [-0.2, 0) is 0 Å². The van der Waals surface area contributed by atoms with Crippen molar-refractivity contribution < 1.29 is 9.90 Å². The summed E-state index contributed by atoms with van der Waals surface area (Å²) in [7, 11) is 0. The first-order valence-electron chi connectivity index (χ1n) is 7.40. The normalized spacial score (nSPS) is 12.5. The lowest BCUT2D eigenvalue weighted by Gasteiger charge is -2.17. The van der Waals surface area contributed by atoms with Crippen LogP contribution >= 0.6 is 0 Å². The van der Waals surface area contributed by atoms with Gasteiger partial charge in [-0.05, 0) is 48.4 Å². The molecule has 0 amide bonds. The molecule has 1 aromatic heterocycles. The number of fused-ring (bicyclic) bond motifs is 3. The number of nitrogens with one attached hydrogen (secondary N) is 1. The first kappa shape index (κ1) is 14.3. The van der Waals surface area contributed by atoms with Crippen LogP contribution in [0, 0.1) is 0 Å². The van der Waals surface area contributed by atoms with E-state index >= 15 is 0 Å². The van der Waals surface area contributed by atoms with E-state index < -0.39 is 5.97 Å². The SMILES string of the molecule is CC[C@H](C)Nc1cc2cc(C(=O)O)ccc2c2cnccc12. The summed E-state index contributed by atoms with van der Waals surface area (Å²) < 4.78 is 0. The zero-order valence-corrected chi connectivity index (χ0v) is 12.6. The maximum atomic E-state index is 11.2. The van der Waals surface area contributed by atoms with E-state index in [1.165, 1.54) is 0 Å². The van der Waals surface area contributed by atoms with E-state index in [1.54, 1.807) is 18.3 Å². The van der Waals surface area contributed by atoms with Crippen molar-refractivity contribution in [2.24, 2.45) is 0 Å². The minimum absolute atomic E-state index is 0.297. The number of rotatable bonds is 4. The number of carboxylic acids is 1. The van der Waals surface area contributed by atoms with Gasteiger partial charge < -0.3 is 10.4 Å². The van der Waals surface area contributed by atoms with E-state index in [1.807, 2.05) is 24.4 Å². The minimum Gasteiger partial charge on any atom is -0.478 e. The molecule has 1 atom stereocenters. The molecule has 4 heteroatoms. The number of anilines is 1. The van der Waals surface area contributed by atoms with E-state index in [0.29, 0.717) is 11.6 Å². The fourth-order valence-electron chi connectivity index (χ4n) is 2.62. The number of carboxylic acid groups (broad SMARTS) is 1. The van der Waals surface area contributed by atoms with Gasteiger partial charge in [-0.3, -0.25) is 4.98 Å². The van der Waals surface area contributed by atoms with Gasteiger partial charge >= 0.3 is 5.97 Å². The van der Waals surface area contributed by atoms with Gasteiger partial charge in [0.05, 0.1) is 5.56 Å². The third kappa shape index (κ3) is 2.48. The van der Waals surface area contributed by atoms with Crippen molar-refractivity contribution in [1.82, 2.24) is 4.98 Å². The maximum absolute atomic E-state index is 11.2. The summed E-state index contributed by atoms with van der Waals surface area (Å²) in [5, 5.41) is 16.7. The predicted molar refractivity (Wildman–Crippen MR) is 89.6 cm³/mol. The summed E-state index contributed by atoms with van der Waals surface area (Å²) in [5.41, 5.74) is 1.31. The molecule has 0 aliphatic heterocycles. The Morgan fingerprint density at radius 3 is 2.77 bits per heavy atom. The molecule has 3 rings (SSSR count). The molecule has 0 saturated carbocycles. The zero-order chi connectivity index (χ0) is 15.7. The number of pyridine rings is 1. The fraction of sp³-hybridized carbons (Fsp3) is 0.222. The lowest BCUT2D eigenvalue weighted by Crippen LogP contribution is -2.13. The second-order valence-electron chi connectivity index (χ2n) is 5.54. The summed E-state index contributed by atoms with van der Waals surface area (Å²) >= 11 is 0. The standard InChI is InChI=1S/C18H18N2O2/c1-3-11(2)20-17-9-13-8-12(18(21)22)4-5-14(13)16-10-19-7-6-15(16)17/h4-11,20H,3H2,1-2H3,(H,21,22)/t11-/m0/s1. The van der Waals surface area contributed by atoms with E-state index in [2.05, 4.69) is 24.1 Å². The summed E-state index contributed by atoms with van der Waals surface area (Å²) in [6.45, 7) is 4.26. The molecule has 0 unspecified atom stereocenters. The Kier molecular flexibility index (Phi) is 3.67. The molecular weight excluding hydrogens is 276 g/mol. The van der Waals surface area contributed by atoms with Crippen LogP contribution in [0.3, 0.4) is 0 Å². The second kappa shape index (κ2) is 5.64. The molecule has 22 heavy (non-hydrogen) atoms. The Morgan fingerprint density at radius 2 is 2.05 bits per heavy atom. The molecule has 4 nitrogen and oxygen atoms in total. The van der Waals surface area contributed by atoms with Crippen LogP contribution in [0.4, 0.5) is 5.69 Å². The van der Waals surface area contributed by atoms with E-state index in [9.17, 15) is 9.90 Å². The van der Waals surface area contributed by atoms with Crippen molar-refractivity contribution in [3.05, 3.63) is 48.3 Å². The van der Waals surface area contributed by atoms with Crippen LogP contribution in [0.5, 0.6) is 0 Å². The van der Waals surface area contributed by atoms with Crippen LogP contribution in [0.15, 0.2) is 42.7 Å². The molecule has 2 N–H and O–H groups in total. The van der Waals surface area contributed by atoms with Crippen LogP contribution < -0.4 is 5.32 Å². The molecule has 0 spiro atoms. The third-order valence-corrected chi connectivity index (χ3v) is 4.01. The molecule has 112 valence electrons. The number of hydrogen-bond acceptors (Lipinski definition) is 3. The molecule has 0 saturated heterocycles. The molecule has 1 heterocycles. The van der Waals surface area contributed by atoms with Gasteiger partial charge in [-0.15, -0.1) is 0 Å². The molecule has 0 aliphatic rings. The molecular formula is C18H18N2O2. The van der Waals surface area contributed by atoms with Crippen LogP contribution in [0.1, 0.15) is 30.6 Å². The Balaban J connectivity index is 2.29. The van der Waals surface area contributed by atoms with Gasteiger partial charge in [0.1, 0.15) is 0 Å². The van der Waals surface area contributed by atoms with Gasteiger partial charge in [0.2, 0.25) is 0 Å². The van der Waals surface area contributed by atoms with Crippen molar-refractivity contribution in [3.8, 4) is 0 Å². The van der Waals surface area contributed by atoms with Crippen molar-refractivity contribution >= 4 is 33.2 Å². The number of nitrogens with zero attached hydrogens (tertiary/aromatic N) is 1. The topological polar surface area (TPSA) is 62.2 Å². The van der Waals surface area contributed by atoms with E-state index in [4.69, 9.17) is 0 Å². The Labute approximate surface area is 128 Å². The highest BCUT2D eigenvalue weighted by atomic mass is 16.4. The second-order valence-corrected chi connectivity index (χ2v) is 5.54. The molecule has 0 aliphatic carbocycles. The van der Waals surface area contributed by atoms with Gasteiger partial charge in [-0.25, -0.2) is 4.79 Å². The van der Waals surface area contributed by atoms with E-state index in [-0.39, 0.29) is 0 Å². The van der Waals surface area contributed by atoms with Crippen molar-refractivity contribution in [2.75, 3.05) is 5.32 Å². The Hall–Kier alpha value is -2.62. The fourth-order valence-corrected chi connectivity index (χ4v) is 2.62. The summed E-state index contributed by atoms with van der Waals surface area (Å²) in [4.78, 5) is 15.4. The minimum atomic E-state index is -0.912. The maximum Gasteiger partial charge on any atom is 0.335 e. The lowest BCUT2D eigenvalue weighted by atomic mass is 9.99. The highest BCUT2D eigenvalue weighted by molar-refractivity contribution is 6.13.